The van der Waals surface area contributed by atoms with Crippen LogP contribution in [0.2, 0.25) is 0 Å². The van der Waals surface area contributed by atoms with E-state index in [1.165, 1.54) is 0 Å². The molecular weight excluding hydrogens is 305 g/mol. The van der Waals surface area contributed by atoms with E-state index in [2.05, 4.69) is 5.32 Å². The largest absolute Gasteiger partial charge is 0.475 e. The molecule has 0 aromatic heterocycles. The molecule has 1 atom stereocenters. The molecule has 0 heterocycles. The Balaban J connectivity index is 1.80. The number of carbonyl (C=O) groups excluding carboxylic acids is 1. The van der Waals surface area contributed by atoms with Gasteiger partial charge in [0.1, 0.15) is 6.61 Å². The molecule has 24 heavy (non-hydrogen) atoms. The predicted molar refractivity (Wildman–Crippen MR) is 93.1 cm³/mol. The Bertz CT molecular complexity index is 648. The number of benzene rings is 2. The molecule has 2 aromatic rings. The molecule has 1 amide bonds. The van der Waals surface area contributed by atoms with Crippen molar-refractivity contribution >= 4 is 13.0 Å². The Hall–Kier alpha value is -2.15. The van der Waals surface area contributed by atoms with E-state index in [1.54, 1.807) is 0 Å². The highest BCUT2D eigenvalue weighted by molar-refractivity contribution is 6.43. The Morgan fingerprint density at radius 2 is 1.83 bits per heavy atom. The Labute approximate surface area is 142 Å². The van der Waals surface area contributed by atoms with Gasteiger partial charge in [-0.1, -0.05) is 60.2 Å². The second kappa shape index (κ2) is 9.22. The number of nitrogens with one attached hydrogen (secondary N) is 1. The van der Waals surface area contributed by atoms with Gasteiger partial charge >= 0.3 is 7.12 Å². The van der Waals surface area contributed by atoms with E-state index in [0.29, 0.717) is 13.0 Å². The fourth-order valence-electron chi connectivity index (χ4n) is 2.41. The van der Waals surface area contributed by atoms with Crippen LogP contribution in [0.15, 0.2) is 54.6 Å². The highest BCUT2D eigenvalue weighted by Crippen LogP contribution is 2.06. The van der Waals surface area contributed by atoms with Gasteiger partial charge in [-0.05, 0) is 24.5 Å². The number of hydrogen-bond donors (Lipinski definition) is 3. The van der Waals surface area contributed by atoms with E-state index in [1.807, 2.05) is 61.5 Å². The molecular formula is C18H22BNO4. The van der Waals surface area contributed by atoms with Gasteiger partial charge in [-0.2, -0.15) is 0 Å². The van der Waals surface area contributed by atoms with Crippen LogP contribution in [-0.2, 0) is 22.6 Å². The van der Waals surface area contributed by atoms with Crippen molar-refractivity contribution in [1.82, 2.24) is 5.32 Å². The molecule has 0 aliphatic heterocycles. The number of aryl methyl sites for hydroxylation is 1. The maximum atomic E-state index is 11.9. The minimum absolute atomic E-state index is 0.133. The van der Waals surface area contributed by atoms with E-state index >= 15 is 0 Å². The van der Waals surface area contributed by atoms with Crippen LogP contribution in [0.25, 0.3) is 0 Å². The van der Waals surface area contributed by atoms with Crippen molar-refractivity contribution in [2.24, 2.45) is 0 Å². The molecule has 1 unspecified atom stereocenters. The van der Waals surface area contributed by atoms with Gasteiger partial charge < -0.3 is 20.1 Å². The number of ether oxygens (including phenoxy) is 1. The molecule has 0 radical (unpaired) electrons. The van der Waals surface area contributed by atoms with Crippen LogP contribution in [0.4, 0.5) is 0 Å². The van der Waals surface area contributed by atoms with Crippen molar-refractivity contribution in [3.8, 4) is 0 Å². The summed E-state index contributed by atoms with van der Waals surface area (Å²) in [5, 5.41) is 21.5. The van der Waals surface area contributed by atoms with Gasteiger partial charge in [0.05, 0.1) is 12.5 Å². The summed E-state index contributed by atoms with van der Waals surface area (Å²) in [5.74, 6) is -1.15. The summed E-state index contributed by atoms with van der Waals surface area (Å²) in [6.45, 7) is 2.19. The maximum Gasteiger partial charge on any atom is 0.475 e. The van der Waals surface area contributed by atoms with Crippen molar-refractivity contribution in [3.05, 3.63) is 71.3 Å². The molecule has 0 spiro atoms. The molecule has 0 fully saturated rings. The van der Waals surface area contributed by atoms with Gasteiger partial charge in [-0.25, -0.2) is 0 Å². The van der Waals surface area contributed by atoms with Gasteiger partial charge in [-0.15, -0.1) is 0 Å². The fourth-order valence-corrected chi connectivity index (χ4v) is 2.41. The lowest BCUT2D eigenvalue weighted by atomic mass is 9.76. The molecule has 2 aromatic carbocycles. The average molecular weight is 327 g/mol. The van der Waals surface area contributed by atoms with Gasteiger partial charge in [0, 0.05) is 0 Å². The summed E-state index contributed by atoms with van der Waals surface area (Å²) in [6.07, 6.45) is 0.335. The molecule has 6 heteroatoms. The maximum absolute atomic E-state index is 11.9. The number of amides is 1. The highest BCUT2D eigenvalue weighted by Gasteiger charge is 2.25. The van der Waals surface area contributed by atoms with E-state index < -0.39 is 13.1 Å². The second-order valence-corrected chi connectivity index (χ2v) is 5.76. The van der Waals surface area contributed by atoms with Crippen LogP contribution < -0.4 is 5.32 Å². The minimum atomic E-state index is -1.63. The monoisotopic (exact) mass is 327 g/mol. The fraction of sp³-hybridized carbons (Fsp3) is 0.278. The smallest absolute Gasteiger partial charge is 0.426 e. The van der Waals surface area contributed by atoms with Gasteiger partial charge in [0.2, 0.25) is 5.91 Å². The van der Waals surface area contributed by atoms with Crippen LogP contribution >= 0.6 is 0 Å². The van der Waals surface area contributed by atoms with E-state index in [9.17, 15) is 14.8 Å². The van der Waals surface area contributed by atoms with Gasteiger partial charge in [0.25, 0.3) is 0 Å². The molecule has 2 rings (SSSR count). The second-order valence-electron chi connectivity index (χ2n) is 5.76. The molecule has 0 aliphatic rings. The normalized spacial score (nSPS) is 11.8. The average Bonchev–Trinajstić information content (AvgIpc) is 2.55. The van der Waals surface area contributed by atoms with Crippen molar-refractivity contribution in [2.75, 3.05) is 6.61 Å². The molecule has 3 N–H and O–H groups in total. The molecule has 126 valence electrons. The van der Waals surface area contributed by atoms with Crippen LogP contribution in [-0.4, -0.2) is 35.6 Å². The predicted octanol–water partition coefficient (Wildman–Crippen LogP) is 1.25. The lowest BCUT2D eigenvalue weighted by Gasteiger charge is -2.18. The number of carbonyl (C=O) groups is 1. The Morgan fingerprint density at radius 1 is 1.12 bits per heavy atom. The van der Waals surface area contributed by atoms with Crippen LogP contribution in [0.1, 0.15) is 16.7 Å². The third-order valence-corrected chi connectivity index (χ3v) is 3.59. The van der Waals surface area contributed by atoms with Crippen molar-refractivity contribution < 1.29 is 19.6 Å². The standard InChI is InChI=1S/C18H22BNO4/c1-14-6-5-9-16(10-14)12-24-13-18(21)20-17(19(22)23)11-15-7-3-2-4-8-15/h2-10,17,22-23H,11-13H2,1H3,(H,20,21). The van der Waals surface area contributed by atoms with Crippen molar-refractivity contribution in [1.29, 1.82) is 0 Å². The summed E-state index contributed by atoms with van der Waals surface area (Å²) in [7, 11) is -1.63. The highest BCUT2D eigenvalue weighted by atomic mass is 16.5. The van der Waals surface area contributed by atoms with Crippen LogP contribution in [0.3, 0.4) is 0 Å². The first-order valence-corrected chi connectivity index (χ1v) is 7.87. The van der Waals surface area contributed by atoms with Crippen molar-refractivity contribution in [3.63, 3.8) is 0 Å². The SMILES string of the molecule is Cc1cccc(COCC(=O)NC(Cc2ccccc2)B(O)O)c1. The quantitative estimate of drug-likeness (QED) is 0.638. The molecule has 0 saturated carbocycles. The zero-order valence-electron chi connectivity index (χ0n) is 13.7. The van der Waals surface area contributed by atoms with E-state index in [0.717, 1.165) is 16.7 Å². The third-order valence-electron chi connectivity index (χ3n) is 3.59. The molecule has 0 aliphatic carbocycles. The van der Waals surface area contributed by atoms with Crippen molar-refractivity contribution in [2.45, 2.75) is 25.9 Å². The first-order chi connectivity index (χ1) is 11.5. The Kier molecular flexibility index (Phi) is 6.99. The first kappa shape index (κ1) is 18.2. The first-order valence-electron chi connectivity index (χ1n) is 7.87. The summed E-state index contributed by atoms with van der Waals surface area (Å²) in [5.41, 5.74) is 3.04. The summed E-state index contributed by atoms with van der Waals surface area (Å²) in [6, 6.07) is 17.2. The van der Waals surface area contributed by atoms with E-state index in [-0.39, 0.29) is 12.5 Å². The number of rotatable bonds is 8. The zero-order chi connectivity index (χ0) is 17.4. The van der Waals surface area contributed by atoms with Crippen LogP contribution in [0, 0.1) is 6.92 Å². The molecule has 0 bridgehead atoms. The topological polar surface area (TPSA) is 78.8 Å². The molecule has 0 saturated heterocycles. The zero-order valence-corrected chi connectivity index (χ0v) is 13.7. The molecule has 5 nitrogen and oxygen atoms in total. The van der Waals surface area contributed by atoms with Gasteiger partial charge in [-0.3, -0.25) is 4.79 Å². The summed E-state index contributed by atoms with van der Waals surface area (Å²) < 4.78 is 5.39. The summed E-state index contributed by atoms with van der Waals surface area (Å²) in [4.78, 5) is 11.9. The third kappa shape index (κ3) is 6.16. The lowest BCUT2D eigenvalue weighted by Crippen LogP contribution is -2.48. The van der Waals surface area contributed by atoms with E-state index in [4.69, 9.17) is 4.74 Å². The lowest BCUT2D eigenvalue weighted by molar-refractivity contribution is -0.126. The van der Waals surface area contributed by atoms with Crippen LogP contribution in [0.5, 0.6) is 0 Å². The van der Waals surface area contributed by atoms with Gasteiger partial charge in [0.15, 0.2) is 0 Å². The Morgan fingerprint density at radius 3 is 2.50 bits per heavy atom. The minimum Gasteiger partial charge on any atom is -0.426 e. The summed E-state index contributed by atoms with van der Waals surface area (Å²) >= 11 is 0. The number of hydrogen-bond acceptors (Lipinski definition) is 4.